The Bertz CT molecular complexity index is 1380. The molecule has 1 aliphatic heterocycles. The van der Waals surface area contributed by atoms with Crippen molar-refractivity contribution in [3.63, 3.8) is 0 Å². The first-order chi connectivity index (χ1) is 20.7. The Labute approximate surface area is 259 Å². The minimum atomic E-state index is -3.00. The predicted molar refractivity (Wildman–Crippen MR) is 158 cm³/mol. The molecule has 2 aromatic carbocycles. The molecule has 1 aromatic heterocycles. The van der Waals surface area contributed by atoms with E-state index in [4.69, 9.17) is 37.4 Å². The summed E-state index contributed by atoms with van der Waals surface area (Å²) < 4.78 is 42.6. The molecule has 0 unspecified atom stereocenters. The predicted octanol–water partition coefficient (Wildman–Crippen LogP) is 6.34. The molecule has 230 valence electrons. The number of pyridine rings is 1. The Morgan fingerprint density at radius 2 is 1.77 bits per heavy atom. The normalized spacial score (nSPS) is 16.7. The van der Waals surface area contributed by atoms with Crippen molar-refractivity contribution in [1.29, 1.82) is 0 Å². The van der Waals surface area contributed by atoms with Crippen LogP contribution in [0.5, 0.6) is 11.5 Å². The first-order valence-corrected chi connectivity index (χ1v) is 15.2. The number of esters is 1. The van der Waals surface area contributed by atoms with Crippen LogP contribution >= 0.6 is 23.2 Å². The fourth-order valence-electron chi connectivity index (χ4n) is 5.16. The number of aromatic nitrogens is 1. The lowest BCUT2D eigenvalue weighted by Crippen LogP contribution is -2.35. The zero-order valence-corrected chi connectivity index (χ0v) is 25.1. The van der Waals surface area contributed by atoms with Gasteiger partial charge in [0.15, 0.2) is 23.9 Å². The number of aliphatic hydroxyl groups is 1. The van der Waals surface area contributed by atoms with Crippen molar-refractivity contribution in [2.24, 2.45) is 5.92 Å². The maximum Gasteiger partial charge on any atom is 0.387 e. The highest BCUT2D eigenvalue weighted by atomic mass is 35.5. The van der Waals surface area contributed by atoms with Crippen LogP contribution in [0.2, 0.25) is 10.0 Å². The van der Waals surface area contributed by atoms with Gasteiger partial charge in [0.05, 0.1) is 24.9 Å². The van der Waals surface area contributed by atoms with E-state index in [2.05, 4.69) is 9.88 Å². The lowest BCUT2D eigenvalue weighted by Gasteiger charge is -2.29. The van der Waals surface area contributed by atoms with E-state index in [9.17, 15) is 18.7 Å². The lowest BCUT2D eigenvalue weighted by molar-refractivity contribution is -0.377. The van der Waals surface area contributed by atoms with E-state index < -0.39 is 18.5 Å². The topological polar surface area (TPSA) is 82.4 Å². The van der Waals surface area contributed by atoms with Crippen LogP contribution in [-0.2, 0) is 17.7 Å². The van der Waals surface area contributed by atoms with Crippen molar-refractivity contribution in [2.75, 3.05) is 26.3 Å². The van der Waals surface area contributed by atoms with E-state index in [1.807, 2.05) is 18.2 Å². The highest BCUT2D eigenvalue weighted by molar-refractivity contribution is 6.35. The van der Waals surface area contributed by atoms with Gasteiger partial charge in [-0.3, -0.25) is 4.90 Å². The molecule has 2 heterocycles. The van der Waals surface area contributed by atoms with E-state index in [-0.39, 0.29) is 24.2 Å². The van der Waals surface area contributed by atoms with Crippen LogP contribution in [0.25, 0.3) is 0 Å². The van der Waals surface area contributed by atoms with Gasteiger partial charge in [0.1, 0.15) is 10.0 Å². The Balaban J connectivity index is 1.34. The van der Waals surface area contributed by atoms with Gasteiger partial charge in [0.25, 0.3) is 0 Å². The molecule has 3 aromatic rings. The number of carbonyl (C=O) groups is 1. The van der Waals surface area contributed by atoms with Gasteiger partial charge in [-0.05, 0) is 73.4 Å². The fraction of sp³-hybridized carbons (Fsp3) is 0.438. The number of likely N-dealkylation sites (tertiary alicyclic amines) is 1. The maximum absolute atomic E-state index is 13.2. The summed E-state index contributed by atoms with van der Waals surface area (Å²) in [7, 11) is 0. The number of nitrogens with zero attached hydrogens (tertiary/aromatic N) is 1. The average molecular weight is 637 g/mol. The number of rotatable bonds is 13. The van der Waals surface area contributed by atoms with Crippen LogP contribution in [0.4, 0.5) is 8.78 Å². The van der Waals surface area contributed by atoms with E-state index in [1.165, 1.54) is 6.07 Å². The monoisotopic (exact) mass is 635 g/mol. The van der Waals surface area contributed by atoms with Crippen molar-refractivity contribution < 1.29 is 37.9 Å². The van der Waals surface area contributed by atoms with Crippen LogP contribution in [0.15, 0.2) is 54.9 Å². The van der Waals surface area contributed by atoms with E-state index in [0.717, 1.165) is 44.3 Å². The number of hydrogen-bond acceptors (Lipinski definition) is 6. The number of hydrogen-bond donors (Lipinski definition) is 1. The Morgan fingerprint density at radius 3 is 2.47 bits per heavy atom. The molecule has 2 aliphatic rings. The number of ether oxygens (including phenoxy) is 3. The van der Waals surface area contributed by atoms with Crippen molar-refractivity contribution in [1.82, 2.24) is 4.90 Å². The summed E-state index contributed by atoms with van der Waals surface area (Å²) in [6.07, 6.45) is 6.84. The first kappa shape index (κ1) is 31.4. The minimum Gasteiger partial charge on any atom is -0.489 e. The van der Waals surface area contributed by atoms with E-state index in [0.29, 0.717) is 52.2 Å². The van der Waals surface area contributed by atoms with Crippen molar-refractivity contribution in [2.45, 2.75) is 57.3 Å². The highest BCUT2D eigenvalue weighted by Crippen LogP contribution is 2.37. The molecule has 0 amide bonds. The largest absolute Gasteiger partial charge is 0.489 e. The zero-order chi connectivity index (χ0) is 30.3. The van der Waals surface area contributed by atoms with Gasteiger partial charge in [-0.2, -0.15) is 8.78 Å². The molecule has 5 rings (SSSR count). The summed E-state index contributed by atoms with van der Waals surface area (Å²) in [6.45, 7) is -0.337. The quantitative estimate of drug-likeness (QED) is 0.221. The average Bonchev–Trinajstić information content (AvgIpc) is 3.82. The van der Waals surface area contributed by atoms with E-state index >= 15 is 0 Å². The van der Waals surface area contributed by atoms with Crippen LogP contribution in [-0.4, -0.2) is 55.0 Å². The summed E-state index contributed by atoms with van der Waals surface area (Å²) in [5.41, 5.74) is 2.76. The lowest BCUT2D eigenvalue weighted by atomic mass is 9.92. The number of benzene rings is 2. The third kappa shape index (κ3) is 9.01. The standard InChI is InChI=1S/C32H34Cl2F2N2O5/c33-27-15-37-16-28(34)26(27)13-24(22-6-7-29(43-32(35)36)30(14-22)41-18-20-4-5-20)19-42-31(40)23-3-1-2-21(12-23)17-38-10-8-25(39)9-11-38/h1-3,6-7,12,14-16,20,24-25,32,39H,4-5,8-11,13,17-19H2/p+1/t24-/m1/s1. The van der Waals surface area contributed by atoms with Gasteiger partial charge in [0, 0.05) is 31.1 Å². The number of nitrogens with one attached hydrogen (secondary N) is 1. The number of H-pyrrole nitrogens is 1. The fourth-order valence-corrected chi connectivity index (χ4v) is 5.69. The third-order valence-corrected chi connectivity index (χ3v) is 8.49. The second-order valence-electron chi connectivity index (χ2n) is 11.2. The molecule has 0 spiro atoms. The van der Waals surface area contributed by atoms with Gasteiger partial charge in [0.2, 0.25) is 0 Å². The molecule has 11 heteroatoms. The van der Waals surface area contributed by atoms with Crippen molar-refractivity contribution in [3.05, 3.63) is 87.2 Å². The molecular weight excluding hydrogens is 601 g/mol. The highest BCUT2D eigenvalue weighted by Gasteiger charge is 2.26. The molecule has 2 fully saturated rings. The molecule has 0 radical (unpaired) electrons. The Morgan fingerprint density at radius 1 is 1.02 bits per heavy atom. The van der Waals surface area contributed by atoms with Crippen molar-refractivity contribution >= 4 is 29.2 Å². The molecule has 2 N–H and O–H groups in total. The molecule has 0 bridgehead atoms. The van der Waals surface area contributed by atoms with Gasteiger partial charge in [-0.25, -0.2) is 9.78 Å². The SMILES string of the molecule is O=C(OC[C@@H](Cc1c(Cl)c[nH+]cc1Cl)c1ccc(OC(F)F)c(OCC2CC2)c1)c1cccc(CN2CCC(O)CC2)c1. The van der Waals surface area contributed by atoms with Crippen LogP contribution < -0.4 is 14.5 Å². The van der Waals surface area contributed by atoms with Gasteiger partial charge >= 0.3 is 12.6 Å². The maximum atomic E-state index is 13.2. The van der Waals surface area contributed by atoms with Gasteiger partial charge in [-0.1, -0.05) is 41.4 Å². The first-order valence-electron chi connectivity index (χ1n) is 14.5. The zero-order valence-electron chi connectivity index (χ0n) is 23.6. The van der Waals surface area contributed by atoms with Crippen molar-refractivity contribution in [3.8, 4) is 11.5 Å². The summed E-state index contributed by atoms with van der Waals surface area (Å²) in [5, 5.41) is 10.6. The number of aliphatic hydroxyl groups excluding tert-OH is 1. The van der Waals surface area contributed by atoms with E-state index in [1.54, 1.807) is 30.6 Å². The Hall–Kier alpha value is -2.98. The molecule has 1 aliphatic carbocycles. The number of alkyl halides is 2. The minimum absolute atomic E-state index is 0.0184. The smallest absolute Gasteiger partial charge is 0.387 e. The number of piperidine rings is 1. The second kappa shape index (κ2) is 14.7. The summed E-state index contributed by atoms with van der Waals surface area (Å²) >= 11 is 12.9. The molecule has 1 atom stereocenters. The molecule has 1 saturated carbocycles. The number of aromatic amines is 1. The van der Waals surface area contributed by atoms with Crippen LogP contribution in [0.3, 0.4) is 0 Å². The summed E-state index contributed by atoms with van der Waals surface area (Å²) in [6, 6.07) is 12.1. The molecular formula is C32H35Cl2F2N2O5+. The molecule has 7 nitrogen and oxygen atoms in total. The number of carbonyl (C=O) groups excluding carboxylic acids is 1. The summed E-state index contributed by atoms with van der Waals surface area (Å²) in [4.78, 5) is 18.4. The third-order valence-electron chi connectivity index (χ3n) is 7.82. The van der Waals surface area contributed by atoms with Crippen LogP contribution in [0.1, 0.15) is 58.6 Å². The number of halogens is 4. The molecule has 1 saturated heterocycles. The summed E-state index contributed by atoms with van der Waals surface area (Å²) in [5.74, 6) is -0.357. The van der Waals surface area contributed by atoms with Gasteiger partial charge in [-0.15, -0.1) is 0 Å². The second-order valence-corrected chi connectivity index (χ2v) is 12.0. The Kier molecular flexibility index (Phi) is 10.7. The molecule has 43 heavy (non-hydrogen) atoms. The van der Waals surface area contributed by atoms with Gasteiger partial charge < -0.3 is 19.3 Å². The van der Waals surface area contributed by atoms with Crippen LogP contribution in [0, 0.1) is 5.92 Å².